The number of halogens is 7. The van der Waals surface area contributed by atoms with Crippen LogP contribution in [0.2, 0.25) is 0 Å². The molecular formula is C15H13BrF6N2O3. The Bertz CT molecular complexity index is 724. The van der Waals surface area contributed by atoms with Crippen molar-refractivity contribution in [1.29, 1.82) is 0 Å². The number of piperazine rings is 1. The Morgan fingerprint density at radius 1 is 1.30 bits per heavy atom. The molecule has 1 saturated heterocycles. The van der Waals surface area contributed by atoms with Gasteiger partial charge in [0.05, 0.1) is 12.2 Å². The molecule has 1 heterocycles. The van der Waals surface area contributed by atoms with E-state index >= 15 is 0 Å². The Hall–Kier alpha value is -1.95. The Labute approximate surface area is 158 Å². The zero-order chi connectivity index (χ0) is 20.5. The fourth-order valence-electron chi connectivity index (χ4n) is 2.50. The third-order valence-corrected chi connectivity index (χ3v) is 4.25. The second kappa shape index (κ2) is 7.58. The summed E-state index contributed by atoms with van der Waals surface area (Å²) in [5.41, 5.74) is -1.69. The summed E-state index contributed by atoms with van der Waals surface area (Å²) in [6.45, 7) is 3.66. The van der Waals surface area contributed by atoms with Gasteiger partial charge < -0.3 is 19.7 Å². The quantitative estimate of drug-likeness (QED) is 0.419. The zero-order valence-electron chi connectivity index (χ0n) is 13.5. The Morgan fingerprint density at radius 3 is 2.48 bits per heavy atom. The van der Waals surface area contributed by atoms with Crippen LogP contribution in [0.5, 0.6) is 5.75 Å². The molecule has 2 rings (SSSR count). The molecule has 0 spiro atoms. The lowest BCUT2D eigenvalue weighted by molar-refractivity contribution is -0.274. The van der Waals surface area contributed by atoms with E-state index in [2.05, 4.69) is 37.3 Å². The van der Waals surface area contributed by atoms with Crippen molar-refractivity contribution in [1.82, 2.24) is 5.32 Å². The third-order valence-electron chi connectivity index (χ3n) is 3.61. The average Bonchev–Trinajstić information content (AvgIpc) is 2.53. The number of benzene rings is 1. The fraction of sp³-hybridized carbons (Fsp3) is 0.400. The highest BCUT2D eigenvalue weighted by atomic mass is 79.9. The zero-order valence-corrected chi connectivity index (χ0v) is 15.0. The molecule has 150 valence electrons. The van der Waals surface area contributed by atoms with Gasteiger partial charge in [0.25, 0.3) is 0 Å². The molecule has 1 N–H and O–H groups in total. The number of anilines is 1. The topological polar surface area (TPSA) is 50.8 Å². The number of alkyl halides is 6. The lowest BCUT2D eigenvalue weighted by Gasteiger charge is -2.46. The van der Waals surface area contributed by atoms with Gasteiger partial charge in [-0.1, -0.05) is 6.58 Å². The van der Waals surface area contributed by atoms with Gasteiger partial charge in [-0.25, -0.2) is 4.79 Å². The molecule has 1 aliphatic rings. The lowest BCUT2D eigenvalue weighted by atomic mass is 10.1. The molecule has 27 heavy (non-hydrogen) atoms. The normalized spacial score (nSPS) is 20.9. The predicted molar refractivity (Wildman–Crippen MR) is 86.1 cm³/mol. The molecule has 1 fully saturated rings. The first-order chi connectivity index (χ1) is 12.4. The van der Waals surface area contributed by atoms with Gasteiger partial charge in [0.1, 0.15) is 5.75 Å². The van der Waals surface area contributed by atoms with E-state index in [4.69, 9.17) is 0 Å². The van der Waals surface area contributed by atoms with Crippen LogP contribution in [0.1, 0.15) is 0 Å². The van der Waals surface area contributed by atoms with Gasteiger partial charge in [-0.3, -0.25) is 0 Å². The van der Waals surface area contributed by atoms with Crippen LogP contribution in [0, 0.1) is 0 Å². The van der Waals surface area contributed by atoms with Gasteiger partial charge in [-0.05, 0) is 40.2 Å². The first kappa shape index (κ1) is 21.4. The average molecular weight is 463 g/mol. The van der Waals surface area contributed by atoms with Crippen molar-refractivity contribution in [2.24, 2.45) is 0 Å². The predicted octanol–water partition coefficient (Wildman–Crippen LogP) is 3.75. The molecule has 1 unspecified atom stereocenters. The molecule has 5 nitrogen and oxygen atoms in total. The number of hydrogen-bond donors (Lipinski definition) is 1. The van der Waals surface area contributed by atoms with Crippen LogP contribution < -0.4 is 15.0 Å². The minimum atomic E-state index is -5.22. The summed E-state index contributed by atoms with van der Waals surface area (Å²) < 4.78 is 83.5. The van der Waals surface area contributed by atoms with Crippen LogP contribution in [-0.2, 0) is 9.53 Å². The van der Waals surface area contributed by atoms with Gasteiger partial charge in [0, 0.05) is 17.6 Å². The maximum atomic E-state index is 12.6. The highest BCUT2D eigenvalue weighted by Gasteiger charge is 2.49. The first-order valence-corrected chi connectivity index (χ1v) is 8.15. The fourth-order valence-corrected chi connectivity index (χ4v) is 3.08. The third kappa shape index (κ3) is 5.06. The standard InChI is InChI=1S/C15H13BrF6N2O3/c1-2-13(27-12(25)14(17,18)19)8-23-5-6-24(13)11-4-3-9(7-10(11)16)26-15(20,21)22/h2-4,7,23H,1,5-6,8H2. The summed E-state index contributed by atoms with van der Waals surface area (Å²) in [5, 5.41) is 2.80. The summed E-state index contributed by atoms with van der Waals surface area (Å²) in [6.07, 6.45) is -9.10. The lowest BCUT2D eigenvalue weighted by Crippen LogP contribution is -2.63. The van der Waals surface area contributed by atoms with E-state index in [-0.39, 0.29) is 23.2 Å². The van der Waals surface area contributed by atoms with E-state index in [0.29, 0.717) is 6.54 Å². The molecule has 0 aliphatic carbocycles. The van der Waals surface area contributed by atoms with Crippen LogP contribution in [0.3, 0.4) is 0 Å². The van der Waals surface area contributed by atoms with Gasteiger partial charge in [-0.15, -0.1) is 13.2 Å². The van der Waals surface area contributed by atoms with E-state index in [9.17, 15) is 31.1 Å². The number of ether oxygens (including phenoxy) is 2. The summed E-state index contributed by atoms with van der Waals surface area (Å²) in [7, 11) is 0. The smallest absolute Gasteiger partial charge is 0.427 e. The molecular weight excluding hydrogens is 450 g/mol. The van der Waals surface area contributed by atoms with Gasteiger partial charge >= 0.3 is 18.5 Å². The highest BCUT2D eigenvalue weighted by molar-refractivity contribution is 9.10. The maximum Gasteiger partial charge on any atom is 0.573 e. The molecule has 1 aromatic carbocycles. The van der Waals surface area contributed by atoms with Crippen molar-refractivity contribution in [3.05, 3.63) is 35.3 Å². The van der Waals surface area contributed by atoms with Gasteiger partial charge in [-0.2, -0.15) is 13.2 Å². The number of carbonyl (C=O) groups excluding carboxylic acids is 1. The Balaban J connectivity index is 2.38. The van der Waals surface area contributed by atoms with Crippen LogP contribution in [0.4, 0.5) is 32.0 Å². The molecule has 0 radical (unpaired) electrons. The number of nitrogens with zero attached hydrogens (tertiary/aromatic N) is 1. The van der Waals surface area contributed by atoms with Gasteiger partial charge in [0.15, 0.2) is 0 Å². The summed E-state index contributed by atoms with van der Waals surface area (Å²) >= 11 is 3.07. The van der Waals surface area contributed by atoms with Crippen molar-refractivity contribution < 1.29 is 40.6 Å². The molecule has 1 atom stereocenters. The molecule has 1 aromatic rings. The Kier molecular flexibility index (Phi) is 6.00. The van der Waals surface area contributed by atoms with E-state index in [0.717, 1.165) is 18.2 Å². The molecule has 0 saturated carbocycles. The van der Waals surface area contributed by atoms with Crippen molar-refractivity contribution >= 4 is 27.6 Å². The highest BCUT2D eigenvalue weighted by Crippen LogP contribution is 2.38. The van der Waals surface area contributed by atoms with Crippen molar-refractivity contribution in [2.45, 2.75) is 18.3 Å². The minimum absolute atomic E-state index is 0.0925. The first-order valence-electron chi connectivity index (χ1n) is 7.35. The second-order valence-corrected chi connectivity index (χ2v) is 6.28. The number of esters is 1. The van der Waals surface area contributed by atoms with E-state index in [1.54, 1.807) is 0 Å². The van der Waals surface area contributed by atoms with E-state index in [1.807, 2.05) is 0 Å². The largest absolute Gasteiger partial charge is 0.573 e. The summed E-state index contributed by atoms with van der Waals surface area (Å²) in [4.78, 5) is 12.7. The molecule has 0 bridgehead atoms. The minimum Gasteiger partial charge on any atom is -0.427 e. The number of nitrogens with one attached hydrogen (secondary N) is 1. The number of hydrogen-bond acceptors (Lipinski definition) is 5. The maximum absolute atomic E-state index is 12.6. The van der Waals surface area contributed by atoms with Crippen LogP contribution in [0.15, 0.2) is 35.3 Å². The number of carbonyl (C=O) groups is 1. The van der Waals surface area contributed by atoms with Crippen LogP contribution in [0.25, 0.3) is 0 Å². The molecule has 0 aromatic heterocycles. The summed E-state index contributed by atoms with van der Waals surface area (Å²) in [5.74, 6) is -2.94. The molecule has 0 amide bonds. The van der Waals surface area contributed by atoms with E-state index in [1.165, 1.54) is 11.0 Å². The second-order valence-electron chi connectivity index (χ2n) is 5.43. The van der Waals surface area contributed by atoms with Crippen molar-refractivity contribution in [3.63, 3.8) is 0 Å². The monoisotopic (exact) mass is 462 g/mol. The van der Waals surface area contributed by atoms with Crippen LogP contribution >= 0.6 is 15.9 Å². The van der Waals surface area contributed by atoms with Crippen LogP contribution in [-0.4, -0.2) is 43.9 Å². The van der Waals surface area contributed by atoms with Crippen molar-refractivity contribution in [2.75, 3.05) is 24.5 Å². The SMILES string of the molecule is C=CC1(OC(=O)C(F)(F)F)CNCCN1c1ccc(OC(F)(F)F)cc1Br. The van der Waals surface area contributed by atoms with Gasteiger partial charge in [0.2, 0.25) is 5.72 Å². The van der Waals surface area contributed by atoms with Crippen molar-refractivity contribution in [3.8, 4) is 5.75 Å². The number of rotatable bonds is 4. The molecule has 1 aliphatic heterocycles. The summed E-state index contributed by atoms with van der Waals surface area (Å²) in [6, 6.07) is 3.20. The Morgan fingerprint density at radius 2 is 1.96 bits per heavy atom. The molecule has 12 heteroatoms. The van der Waals surface area contributed by atoms with E-state index < -0.39 is 30.0 Å².